The molecule has 0 aliphatic carbocycles. The van der Waals surface area contributed by atoms with E-state index in [4.69, 9.17) is 0 Å². The van der Waals surface area contributed by atoms with Crippen LogP contribution < -0.4 is 5.32 Å². The number of carbonyl (C=O) groups excluding carboxylic acids is 2. The molecule has 0 fully saturated rings. The Morgan fingerprint density at radius 2 is 1.96 bits per heavy atom. The molecule has 1 unspecified atom stereocenters. The van der Waals surface area contributed by atoms with Gasteiger partial charge in [-0.1, -0.05) is 36.4 Å². The lowest BCUT2D eigenvalue weighted by atomic mass is 9.92. The first-order chi connectivity index (χ1) is 11.9. The molecule has 3 rings (SSSR count). The van der Waals surface area contributed by atoms with Crippen molar-refractivity contribution in [1.82, 2.24) is 4.90 Å². The first-order valence-electron chi connectivity index (χ1n) is 8.33. The smallest absolute Gasteiger partial charge is 0.253 e. The highest BCUT2D eigenvalue weighted by Crippen LogP contribution is 2.26. The van der Waals surface area contributed by atoms with Crippen LogP contribution in [0.1, 0.15) is 34.8 Å². The van der Waals surface area contributed by atoms with Gasteiger partial charge >= 0.3 is 0 Å². The third-order valence-corrected chi connectivity index (χ3v) is 4.59. The van der Waals surface area contributed by atoms with E-state index in [0.717, 1.165) is 12.0 Å². The number of hydrogen-bond donors (Lipinski definition) is 2. The van der Waals surface area contributed by atoms with Crippen molar-refractivity contribution in [2.24, 2.45) is 0 Å². The van der Waals surface area contributed by atoms with E-state index in [1.54, 1.807) is 43.1 Å². The fraction of sp³-hybridized carbons (Fsp3) is 0.300. The summed E-state index contributed by atoms with van der Waals surface area (Å²) in [6.07, 6.45) is 0.746. The van der Waals surface area contributed by atoms with Gasteiger partial charge in [-0.15, -0.1) is 0 Å². The molecule has 25 heavy (non-hydrogen) atoms. The Morgan fingerprint density at radius 3 is 2.68 bits per heavy atom. The van der Waals surface area contributed by atoms with E-state index in [2.05, 4.69) is 5.32 Å². The van der Waals surface area contributed by atoms with Crippen LogP contribution in [0.25, 0.3) is 0 Å². The van der Waals surface area contributed by atoms with Gasteiger partial charge in [-0.25, -0.2) is 0 Å². The normalized spacial score (nSPS) is 16.1. The van der Waals surface area contributed by atoms with Crippen molar-refractivity contribution in [3.63, 3.8) is 0 Å². The van der Waals surface area contributed by atoms with Crippen LogP contribution in [0, 0.1) is 0 Å². The van der Waals surface area contributed by atoms with E-state index in [1.165, 1.54) is 0 Å². The van der Waals surface area contributed by atoms with Gasteiger partial charge in [0.1, 0.15) is 0 Å². The van der Waals surface area contributed by atoms with Gasteiger partial charge in [0.15, 0.2) is 0 Å². The average molecular weight is 338 g/mol. The molecule has 0 aromatic heterocycles. The summed E-state index contributed by atoms with van der Waals surface area (Å²) < 4.78 is 0. The molecule has 0 radical (unpaired) electrons. The number of aliphatic hydroxyl groups is 1. The zero-order valence-corrected chi connectivity index (χ0v) is 14.5. The molecule has 0 bridgehead atoms. The molecule has 1 heterocycles. The first kappa shape index (κ1) is 17.2. The van der Waals surface area contributed by atoms with Gasteiger partial charge in [0.05, 0.1) is 12.0 Å². The SMILES string of the molecule is CN1CCc2ccc(NC(=O)CC(C)(O)c3ccccc3)cc2C1=O. The Balaban J connectivity index is 1.73. The van der Waals surface area contributed by atoms with Crippen molar-refractivity contribution < 1.29 is 14.7 Å². The average Bonchev–Trinajstić information content (AvgIpc) is 2.59. The minimum absolute atomic E-state index is 0.0337. The molecule has 0 saturated carbocycles. The summed E-state index contributed by atoms with van der Waals surface area (Å²) in [4.78, 5) is 26.3. The monoisotopic (exact) mass is 338 g/mol. The van der Waals surface area contributed by atoms with Crippen LogP contribution in [0.15, 0.2) is 48.5 Å². The summed E-state index contributed by atoms with van der Waals surface area (Å²) >= 11 is 0. The van der Waals surface area contributed by atoms with Crippen LogP contribution in [0.3, 0.4) is 0 Å². The van der Waals surface area contributed by atoms with Crippen LogP contribution >= 0.6 is 0 Å². The standard InChI is InChI=1S/C20H22N2O3/c1-20(25,15-6-4-3-5-7-15)13-18(23)21-16-9-8-14-10-11-22(2)19(24)17(14)12-16/h3-9,12,25H,10-11,13H2,1-2H3,(H,21,23). The van der Waals surface area contributed by atoms with Crippen LogP contribution in [-0.2, 0) is 16.8 Å². The topological polar surface area (TPSA) is 69.6 Å². The number of likely N-dealkylation sites (N-methyl/N-ethyl adjacent to an activating group) is 1. The Labute approximate surface area is 147 Å². The maximum absolute atomic E-state index is 12.3. The molecule has 0 spiro atoms. The number of anilines is 1. The van der Waals surface area contributed by atoms with E-state index in [0.29, 0.717) is 23.4 Å². The summed E-state index contributed by atoms with van der Waals surface area (Å²) in [5, 5.41) is 13.4. The number of benzene rings is 2. The second-order valence-electron chi connectivity index (χ2n) is 6.71. The number of rotatable bonds is 4. The quantitative estimate of drug-likeness (QED) is 0.900. The van der Waals surface area contributed by atoms with Crippen LogP contribution in [0.5, 0.6) is 0 Å². The highest BCUT2D eigenvalue weighted by Gasteiger charge is 2.27. The van der Waals surface area contributed by atoms with Crippen molar-refractivity contribution in [2.45, 2.75) is 25.4 Å². The first-order valence-corrected chi connectivity index (χ1v) is 8.33. The van der Waals surface area contributed by atoms with Gasteiger partial charge in [0, 0.05) is 24.8 Å². The van der Waals surface area contributed by atoms with Crippen molar-refractivity contribution >= 4 is 17.5 Å². The van der Waals surface area contributed by atoms with E-state index >= 15 is 0 Å². The zero-order chi connectivity index (χ0) is 18.0. The van der Waals surface area contributed by atoms with Crippen molar-refractivity contribution in [2.75, 3.05) is 18.9 Å². The van der Waals surface area contributed by atoms with Crippen LogP contribution in [-0.4, -0.2) is 35.4 Å². The fourth-order valence-corrected chi connectivity index (χ4v) is 3.08. The van der Waals surface area contributed by atoms with Gasteiger partial charge in [0.2, 0.25) is 5.91 Å². The lowest BCUT2D eigenvalue weighted by Gasteiger charge is -2.25. The predicted octanol–water partition coefficient (Wildman–Crippen LogP) is 2.55. The van der Waals surface area contributed by atoms with Crippen LogP contribution in [0.2, 0.25) is 0 Å². The summed E-state index contributed by atoms with van der Waals surface area (Å²) in [7, 11) is 1.77. The number of nitrogens with zero attached hydrogens (tertiary/aromatic N) is 1. The minimum Gasteiger partial charge on any atom is -0.385 e. The number of fused-ring (bicyclic) bond motifs is 1. The van der Waals surface area contributed by atoms with Gasteiger partial charge in [-0.2, -0.15) is 0 Å². The third kappa shape index (κ3) is 3.72. The number of carbonyl (C=O) groups is 2. The molecule has 5 heteroatoms. The molecule has 0 saturated heterocycles. The van der Waals surface area contributed by atoms with E-state index in [1.807, 2.05) is 24.3 Å². The van der Waals surface area contributed by atoms with Crippen molar-refractivity contribution in [3.05, 3.63) is 65.2 Å². The Bertz CT molecular complexity index is 800. The van der Waals surface area contributed by atoms with Gasteiger partial charge in [-0.05, 0) is 36.6 Å². The molecule has 2 aromatic carbocycles. The highest BCUT2D eigenvalue weighted by molar-refractivity contribution is 5.99. The molecule has 2 N–H and O–H groups in total. The number of amides is 2. The Morgan fingerprint density at radius 1 is 1.24 bits per heavy atom. The Hall–Kier alpha value is -2.66. The molecule has 2 aromatic rings. The van der Waals surface area contributed by atoms with Crippen molar-refractivity contribution in [3.8, 4) is 0 Å². The Kier molecular flexibility index (Phi) is 4.59. The van der Waals surface area contributed by atoms with Gasteiger partial charge in [-0.3, -0.25) is 9.59 Å². The largest absolute Gasteiger partial charge is 0.385 e. The van der Waals surface area contributed by atoms with Gasteiger partial charge < -0.3 is 15.3 Å². The molecular formula is C20H22N2O3. The molecule has 5 nitrogen and oxygen atoms in total. The predicted molar refractivity (Wildman–Crippen MR) is 96.4 cm³/mol. The third-order valence-electron chi connectivity index (χ3n) is 4.59. The zero-order valence-electron chi connectivity index (χ0n) is 14.5. The van der Waals surface area contributed by atoms with Gasteiger partial charge in [0.25, 0.3) is 5.91 Å². The van der Waals surface area contributed by atoms with Crippen molar-refractivity contribution in [1.29, 1.82) is 0 Å². The van der Waals surface area contributed by atoms with E-state index < -0.39 is 5.60 Å². The molecule has 2 amide bonds. The maximum Gasteiger partial charge on any atom is 0.253 e. The lowest BCUT2D eigenvalue weighted by molar-refractivity contribution is -0.120. The second-order valence-corrected chi connectivity index (χ2v) is 6.71. The van der Waals surface area contributed by atoms with E-state index in [-0.39, 0.29) is 18.2 Å². The maximum atomic E-state index is 12.3. The lowest BCUT2D eigenvalue weighted by Crippen LogP contribution is -2.34. The molecule has 1 aliphatic rings. The highest BCUT2D eigenvalue weighted by atomic mass is 16.3. The molecular weight excluding hydrogens is 316 g/mol. The minimum atomic E-state index is -1.25. The molecule has 1 atom stereocenters. The van der Waals surface area contributed by atoms with E-state index in [9.17, 15) is 14.7 Å². The summed E-state index contributed by atoms with van der Waals surface area (Å²) in [5.74, 6) is -0.334. The summed E-state index contributed by atoms with van der Waals surface area (Å²) in [6, 6.07) is 14.5. The van der Waals surface area contributed by atoms with Crippen LogP contribution in [0.4, 0.5) is 5.69 Å². The summed E-state index contributed by atoms with van der Waals surface area (Å²) in [6.45, 7) is 2.32. The number of nitrogens with one attached hydrogen (secondary N) is 1. The summed E-state index contributed by atoms with van der Waals surface area (Å²) in [5.41, 5.74) is 1.62. The number of hydrogen-bond acceptors (Lipinski definition) is 3. The molecule has 130 valence electrons. The second kappa shape index (κ2) is 6.69. The molecule has 1 aliphatic heterocycles. The fourth-order valence-electron chi connectivity index (χ4n) is 3.08.